The minimum Gasteiger partial charge on any atom is -0.490 e. The van der Waals surface area contributed by atoms with Crippen LogP contribution in [0.1, 0.15) is 16.7 Å². The fraction of sp³-hybridized carbons (Fsp3) is 0.222. The second-order valence-corrected chi connectivity index (χ2v) is 5.47. The van der Waals surface area contributed by atoms with E-state index in [0.717, 1.165) is 11.1 Å². The molecule has 2 aromatic rings. The summed E-state index contributed by atoms with van der Waals surface area (Å²) in [5.41, 5.74) is 4.63. The number of ether oxygens (including phenoxy) is 2. The van der Waals surface area contributed by atoms with E-state index in [1.54, 1.807) is 12.1 Å². The molecule has 8 heteroatoms. The number of aryl methyl sites for hydroxylation is 1. The fourth-order valence-electron chi connectivity index (χ4n) is 2.16. The van der Waals surface area contributed by atoms with Crippen LogP contribution >= 0.6 is 0 Å². The van der Waals surface area contributed by atoms with Crippen LogP contribution in [-0.2, 0) is 4.79 Å². The molecule has 8 nitrogen and oxygen atoms in total. The van der Waals surface area contributed by atoms with Gasteiger partial charge in [0.05, 0.1) is 18.2 Å². The SMILES string of the molecule is COc1ccc(C=NNC(=O)COc2cccc(C)c2C)cc1[N+](=O)[O-]. The summed E-state index contributed by atoms with van der Waals surface area (Å²) >= 11 is 0. The molecule has 0 saturated heterocycles. The van der Waals surface area contributed by atoms with Gasteiger partial charge in [0, 0.05) is 11.6 Å². The van der Waals surface area contributed by atoms with Gasteiger partial charge in [0.25, 0.3) is 5.91 Å². The smallest absolute Gasteiger partial charge is 0.311 e. The zero-order valence-corrected chi connectivity index (χ0v) is 14.7. The molecule has 1 amide bonds. The minimum atomic E-state index is -0.549. The van der Waals surface area contributed by atoms with Gasteiger partial charge in [-0.3, -0.25) is 14.9 Å². The second-order valence-electron chi connectivity index (χ2n) is 5.47. The number of nitro benzene ring substituents is 1. The lowest BCUT2D eigenvalue weighted by Gasteiger charge is -2.09. The molecule has 0 aliphatic heterocycles. The van der Waals surface area contributed by atoms with Crippen molar-refractivity contribution >= 4 is 17.8 Å². The third-order valence-corrected chi connectivity index (χ3v) is 3.72. The molecular weight excluding hydrogens is 338 g/mol. The summed E-state index contributed by atoms with van der Waals surface area (Å²) in [5.74, 6) is 0.346. The Morgan fingerprint density at radius 2 is 2.04 bits per heavy atom. The van der Waals surface area contributed by atoms with Gasteiger partial charge in [-0.25, -0.2) is 5.43 Å². The predicted octanol–water partition coefficient (Wildman–Crippen LogP) is 2.75. The van der Waals surface area contributed by atoms with E-state index in [-0.39, 0.29) is 18.0 Å². The molecule has 0 spiro atoms. The van der Waals surface area contributed by atoms with Gasteiger partial charge in [-0.05, 0) is 43.2 Å². The Balaban J connectivity index is 1.93. The zero-order valence-electron chi connectivity index (χ0n) is 14.7. The third kappa shape index (κ3) is 4.79. The number of hydrogen-bond donors (Lipinski definition) is 1. The Bertz CT molecular complexity index is 849. The number of methoxy groups -OCH3 is 1. The highest BCUT2D eigenvalue weighted by molar-refractivity contribution is 5.84. The number of hydrazone groups is 1. The van der Waals surface area contributed by atoms with Crippen molar-refractivity contribution in [3.8, 4) is 11.5 Å². The highest BCUT2D eigenvalue weighted by atomic mass is 16.6. The summed E-state index contributed by atoms with van der Waals surface area (Å²) in [6.45, 7) is 3.68. The molecule has 0 aliphatic carbocycles. The summed E-state index contributed by atoms with van der Waals surface area (Å²) in [6.07, 6.45) is 1.31. The van der Waals surface area contributed by atoms with Gasteiger partial charge in [-0.2, -0.15) is 5.10 Å². The van der Waals surface area contributed by atoms with Crippen LogP contribution in [0.25, 0.3) is 0 Å². The molecule has 0 radical (unpaired) electrons. The van der Waals surface area contributed by atoms with E-state index in [1.165, 1.54) is 25.5 Å². The molecule has 0 atom stereocenters. The lowest BCUT2D eigenvalue weighted by molar-refractivity contribution is -0.385. The molecule has 1 N–H and O–H groups in total. The molecule has 0 heterocycles. The van der Waals surface area contributed by atoms with Crippen LogP contribution < -0.4 is 14.9 Å². The van der Waals surface area contributed by atoms with Crippen LogP contribution in [0.5, 0.6) is 11.5 Å². The standard InChI is InChI=1S/C18H19N3O5/c1-12-5-4-6-16(13(12)2)26-11-18(22)20-19-10-14-7-8-17(25-3)15(9-14)21(23)24/h4-10H,11H2,1-3H3,(H,20,22). The van der Waals surface area contributed by atoms with Crippen LogP contribution in [-0.4, -0.2) is 30.8 Å². The molecule has 136 valence electrons. The van der Waals surface area contributed by atoms with Crippen LogP contribution in [0.15, 0.2) is 41.5 Å². The van der Waals surface area contributed by atoms with Gasteiger partial charge in [0.15, 0.2) is 12.4 Å². The minimum absolute atomic E-state index is 0.151. The maximum Gasteiger partial charge on any atom is 0.311 e. The van der Waals surface area contributed by atoms with Crippen molar-refractivity contribution in [1.29, 1.82) is 0 Å². The Hall–Kier alpha value is -3.42. The largest absolute Gasteiger partial charge is 0.490 e. The number of rotatable bonds is 7. The summed E-state index contributed by atoms with van der Waals surface area (Å²) in [4.78, 5) is 22.2. The van der Waals surface area contributed by atoms with Crippen LogP contribution in [0.3, 0.4) is 0 Å². The molecule has 26 heavy (non-hydrogen) atoms. The molecule has 0 saturated carbocycles. The number of hydrogen-bond acceptors (Lipinski definition) is 6. The average molecular weight is 357 g/mol. The highest BCUT2D eigenvalue weighted by Gasteiger charge is 2.14. The van der Waals surface area contributed by atoms with E-state index in [1.807, 2.05) is 26.0 Å². The quantitative estimate of drug-likeness (QED) is 0.466. The van der Waals surface area contributed by atoms with E-state index in [4.69, 9.17) is 9.47 Å². The third-order valence-electron chi connectivity index (χ3n) is 3.72. The molecule has 0 bridgehead atoms. The Labute approximate surface area is 150 Å². The molecular formula is C18H19N3O5. The van der Waals surface area contributed by atoms with Gasteiger partial charge >= 0.3 is 5.69 Å². The first-order chi connectivity index (χ1) is 12.4. The van der Waals surface area contributed by atoms with Crippen molar-refractivity contribution in [3.05, 3.63) is 63.2 Å². The van der Waals surface area contributed by atoms with Crippen LogP contribution in [0.2, 0.25) is 0 Å². The molecule has 2 aromatic carbocycles. The first-order valence-electron chi connectivity index (χ1n) is 7.75. The maximum absolute atomic E-state index is 11.8. The van der Waals surface area contributed by atoms with E-state index >= 15 is 0 Å². The first-order valence-corrected chi connectivity index (χ1v) is 7.75. The van der Waals surface area contributed by atoms with E-state index in [0.29, 0.717) is 11.3 Å². The van der Waals surface area contributed by atoms with Crippen molar-refractivity contribution < 1.29 is 19.2 Å². The Morgan fingerprint density at radius 1 is 1.27 bits per heavy atom. The van der Waals surface area contributed by atoms with Crippen LogP contribution in [0.4, 0.5) is 5.69 Å². The summed E-state index contributed by atoms with van der Waals surface area (Å²) in [6, 6.07) is 9.96. The first kappa shape index (κ1) is 18.9. The lowest BCUT2D eigenvalue weighted by atomic mass is 10.1. The van der Waals surface area contributed by atoms with Crippen molar-refractivity contribution in [3.63, 3.8) is 0 Å². The van der Waals surface area contributed by atoms with Gasteiger partial charge in [-0.15, -0.1) is 0 Å². The van der Waals surface area contributed by atoms with E-state index in [9.17, 15) is 14.9 Å². The van der Waals surface area contributed by atoms with Crippen LogP contribution in [0, 0.1) is 24.0 Å². The van der Waals surface area contributed by atoms with Crippen molar-refractivity contribution in [2.45, 2.75) is 13.8 Å². The van der Waals surface area contributed by atoms with Gasteiger partial charge in [0.2, 0.25) is 0 Å². The molecule has 0 unspecified atom stereocenters. The zero-order chi connectivity index (χ0) is 19.1. The number of benzene rings is 2. The second kappa shape index (κ2) is 8.61. The van der Waals surface area contributed by atoms with Gasteiger partial charge < -0.3 is 9.47 Å². The number of nitrogens with zero attached hydrogens (tertiary/aromatic N) is 2. The average Bonchev–Trinajstić information content (AvgIpc) is 2.62. The number of nitrogens with one attached hydrogen (secondary N) is 1. The van der Waals surface area contributed by atoms with E-state index in [2.05, 4.69) is 10.5 Å². The van der Waals surface area contributed by atoms with Gasteiger partial charge in [0.1, 0.15) is 5.75 Å². The maximum atomic E-state index is 11.8. The fourth-order valence-corrected chi connectivity index (χ4v) is 2.16. The number of nitro groups is 1. The number of carbonyl (C=O) groups is 1. The molecule has 2 rings (SSSR count). The lowest BCUT2D eigenvalue weighted by Crippen LogP contribution is -2.24. The normalized spacial score (nSPS) is 10.6. The monoisotopic (exact) mass is 357 g/mol. The Morgan fingerprint density at radius 3 is 2.73 bits per heavy atom. The molecule has 0 fully saturated rings. The predicted molar refractivity (Wildman–Crippen MR) is 96.8 cm³/mol. The topological polar surface area (TPSA) is 103 Å². The van der Waals surface area contributed by atoms with Crippen molar-refractivity contribution in [2.24, 2.45) is 5.10 Å². The summed E-state index contributed by atoms with van der Waals surface area (Å²) < 4.78 is 10.4. The molecule has 0 aliphatic rings. The highest BCUT2D eigenvalue weighted by Crippen LogP contribution is 2.26. The van der Waals surface area contributed by atoms with Crippen molar-refractivity contribution in [2.75, 3.05) is 13.7 Å². The van der Waals surface area contributed by atoms with E-state index < -0.39 is 10.8 Å². The summed E-state index contributed by atoms with van der Waals surface area (Å²) in [7, 11) is 1.35. The van der Waals surface area contributed by atoms with Crippen molar-refractivity contribution in [1.82, 2.24) is 5.43 Å². The summed E-state index contributed by atoms with van der Waals surface area (Å²) in [5, 5.41) is 14.8. The number of amides is 1. The molecule has 0 aromatic heterocycles. The Kier molecular flexibility index (Phi) is 6.26. The number of carbonyl (C=O) groups excluding carboxylic acids is 1. The van der Waals surface area contributed by atoms with Gasteiger partial charge in [-0.1, -0.05) is 12.1 Å².